The summed E-state index contributed by atoms with van der Waals surface area (Å²) in [6.07, 6.45) is 6.20. The van der Waals surface area contributed by atoms with Gasteiger partial charge in [0, 0.05) is 30.8 Å². The molecule has 1 aliphatic carbocycles. The maximum Gasteiger partial charge on any atom is 0.279 e. The number of aldehydes is 1. The van der Waals surface area contributed by atoms with Crippen molar-refractivity contribution in [3.63, 3.8) is 0 Å². The second-order valence-corrected chi connectivity index (χ2v) is 8.84. The average Bonchev–Trinajstić information content (AvgIpc) is 3.62. The van der Waals surface area contributed by atoms with E-state index in [0.717, 1.165) is 12.1 Å². The molecule has 4 N–H and O–H groups in total. The van der Waals surface area contributed by atoms with Crippen molar-refractivity contribution in [3.8, 4) is 17.2 Å². The molecule has 0 bridgehead atoms. The van der Waals surface area contributed by atoms with Crippen LogP contribution in [0.2, 0.25) is 0 Å². The highest BCUT2D eigenvalue weighted by Gasteiger charge is 2.17. The predicted molar refractivity (Wildman–Crippen MR) is 135 cm³/mol. The summed E-state index contributed by atoms with van der Waals surface area (Å²) < 4.78 is 25.4. The van der Waals surface area contributed by atoms with E-state index in [1.54, 1.807) is 13.1 Å². The van der Waals surface area contributed by atoms with Crippen LogP contribution in [0.3, 0.4) is 0 Å². The topological polar surface area (TPSA) is 115 Å². The van der Waals surface area contributed by atoms with E-state index in [1.807, 2.05) is 27.8 Å². The molecule has 2 aromatic carbocycles. The van der Waals surface area contributed by atoms with Crippen molar-refractivity contribution in [1.29, 1.82) is 0 Å². The third kappa shape index (κ3) is 9.97. The Kier molecular flexibility index (Phi) is 9.96. The summed E-state index contributed by atoms with van der Waals surface area (Å²) in [7, 11) is 3.70. The van der Waals surface area contributed by atoms with Crippen LogP contribution >= 0.6 is 0 Å². The van der Waals surface area contributed by atoms with Gasteiger partial charge in [-0.3, -0.25) is 9.59 Å². The van der Waals surface area contributed by atoms with Gasteiger partial charge in [-0.25, -0.2) is 4.39 Å². The number of aliphatic imine (C=N–C) groups is 1. The molecule has 0 saturated heterocycles. The highest BCUT2D eigenvalue weighted by Crippen LogP contribution is 2.30. The van der Waals surface area contributed by atoms with E-state index in [9.17, 15) is 14.0 Å². The zero-order valence-electron chi connectivity index (χ0n) is 20.7. The Hall–Kier alpha value is -3.72. The van der Waals surface area contributed by atoms with Crippen molar-refractivity contribution in [1.82, 2.24) is 10.6 Å². The molecule has 1 fully saturated rings. The van der Waals surface area contributed by atoms with Gasteiger partial charge in [-0.1, -0.05) is 0 Å². The zero-order valence-corrected chi connectivity index (χ0v) is 20.7. The van der Waals surface area contributed by atoms with Crippen LogP contribution in [0, 0.1) is 5.82 Å². The number of hydrogen-bond acceptors (Lipinski definition) is 6. The van der Waals surface area contributed by atoms with Gasteiger partial charge >= 0.3 is 0 Å². The van der Waals surface area contributed by atoms with E-state index in [4.69, 9.17) is 15.2 Å². The fraction of sp³-hybridized carbons (Fsp3) is 0.346. The van der Waals surface area contributed by atoms with Gasteiger partial charge in [-0.2, -0.15) is 4.99 Å². The van der Waals surface area contributed by atoms with Crippen LogP contribution in [0.4, 0.5) is 4.39 Å². The highest BCUT2D eigenvalue weighted by atomic mass is 19.1. The van der Waals surface area contributed by atoms with Crippen LogP contribution in [-0.2, 0) is 0 Å². The standard InChI is InChI=1S/C22H24FN3O4.C4H9N/c1-22(2,3)30-18-10-15(21(28)26-20(24)7-8-25-4)9-17(11-18)29-16-6-5-14(13-27)19(23)12-16;1-5-4-2-3-4/h5-13,25H,1-4H3,(H2,24,26,28);4-5H,2-3H2,1H3/b8-7-;. The number of rotatable bonds is 8. The molecule has 8 nitrogen and oxygen atoms in total. The van der Waals surface area contributed by atoms with E-state index in [1.165, 1.54) is 49.4 Å². The van der Waals surface area contributed by atoms with Gasteiger partial charge in [0.2, 0.25) is 0 Å². The van der Waals surface area contributed by atoms with Gasteiger partial charge in [0.1, 0.15) is 34.5 Å². The number of nitrogens with two attached hydrogens (primary N) is 1. The Morgan fingerprint density at radius 3 is 2.31 bits per heavy atom. The summed E-state index contributed by atoms with van der Waals surface area (Å²) in [6.45, 7) is 5.57. The van der Waals surface area contributed by atoms with Gasteiger partial charge in [0.15, 0.2) is 6.29 Å². The molecule has 0 atom stereocenters. The van der Waals surface area contributed by atoms with Crippen LogP contribution in [0.15, 0.2) is 53.7 Å². The SMILES string of the molecule is CN/C=C\C(N)=NC(=O)c1cc(Oc2ccc(C=O)c(F)c2)cc(OC(C)(C)C)c1.CNC1CC1. The van der Waals surface area contributed by atoms with Crippen LogP contribution in [0.1, 0.15) is 54.3 Å². The number of hydrogen-bond donors (Lipinski definition) is 3. The molecule has 0 heterocycles. The molecular weight excluding hydrogens is 451 g/mol. The number of carbonyl (C=O) groups excluding carboxylic acids is 2. The monoisotopic (exact) mass is 484 g/mol. The lowest BCUT2D eigenvalue weighted by molar-refractivity contribution is 0.0998. The number of nitrogens with one attached hydrogen (secondary N) is 2. The molecular formula is C26H33FN4O4. The number of amidine groups is 1. The maximum absolute atomic E-state index is 13.9. The Morgan fingerprint density at radius 2 is 1.80 bits per heavy atom. The smallest absolute Gasteiger partial charge is 0.279 e. The predicted octanol–water partition coefficient (Wildman–Crippen LogP) is 4.21. The summed E-state index contributed by atoms with van der Waals surface area (Å²) in [6, 6.07) is 9.26. The van der Waals surface area contributed by atoms with Crippen molar-refractivity contribution in [3.05, 3.63) is 65.6 Å². The second kappa shape index (κ2) is 12.7. The summed E-state index contributed by atoms with van der Waals surface area (Å²) in [4.78, 5) is 27.2. The molecule has 1 saturated carbocycles. The fourth-order valence-corrected chi connectivity index (χ4v) is 2.73. The molecule has 0 radical (unpaired) electrons. The zero-order chi connectivity index (χ0) is 26.0. The lowest BCUT2D eigenvalue weighted by Crippen LogP contribution is -2.23. The van der Waals surface area contributed by atoms with Gasteiger partial charge in [-0.15, -0.1) is 0 Å². The van der Waals surface area contributed by atoms with E-state index in [2.05, 4.69) is 15.6 Å². The maximum atomic E-state index is 13.9. The van der Waals surface area contributed by atoms with E-state index in [0.29, 0.717) is 12.0 Å². The van der Waals surface area contributed by atoms with E-state index < -0.39 is 17.3 Å². The molecule has 0 aromatic heterocycles. The van der Waals surface area contributed by atoms with Crippen molar-refractivity contribution in [2.45, 2.75) is 45.3 Å². The summed E-state index contributed by atoms with van der Waals surface area (Å²) in [5.41, 5.74) is 5.28. The first-order valence-corrected chi connectivity index (χ1v) is 11.2. The molecule has 0 unspecified atom stereocenters. The third-order valence-corrected chi connectivity index (χ3v) is 4.52. The largest absolute Gasteiger partial charge is 0.488 e. The number of halogens is 1. The second-order valence-electron chi connectivity index (χ2n) is 8.84. The van der Waals surface area contributed by atoms with Crippen LogP contribution in [-0.4, -0.2) is 43.8 Å². The minimum atomic E-state index is -0.713. The van der Waals surface area contributed by atoms with Crippen molar-refractivity contribution in [2.75, 3.05) is 14.1 Å². The highest BCUT2D eigenvalue weighted by molar-refractivity contribution is 6.06. The summed E-state index contributed by atoms with van der Waals surface area (Å²) in [5.74, 6) is -0.532. The fourth-order valence-electron chi connectivity index (χ4n) is 2.73. The third-order valence-electron chi connectivity index (χ3n) is 4.52. The van der Waals surface area contributed by atoms with Crippen LogP contribution < -0.4 is 25.8 Å². The minimum Gasteiger partial charge on any atom is -0.488 e. The first-order chi connectivity index (χ1) is 16.5. The first-order valence-electron chi connectivity index (χ1n) is 11.2. The van der Waals surface area contributed by atoms with Crippen molar-refractivity contribution < 1.29 is 23.5 Å². The van der Waals surface area contributed by atoms with Crippen molar-refractivity contribution >= 4 is 18.0 Å². The van der Waals surface area contributed by atoms with Gasteiger partial charge in [0.05, 0.1) is 5.56 Å². The molecule has 1 aliphatic rings. The number of benzene rings is 2. The summed E-state index contributed by atoms with van der Waals surface area (Å²) >= 11 is 0. The van der Waals surface area contributed by atoms with Crippen LogP contribution in [0.5, 0.6) is 17.2 Å². The van der Waals surface area contributed by atoms with Crippen molar-refractivity contribution in [2.24, 2.45) is 10.7 Å². The Bertz CT molecular complexity index is 1090. The normalized spacial score (nSPS) is 13.6. The van der Waals surface area contributed by atoms with E-state index in [-0.39, 0.29) is 28.5 Å². The Morgan fingerprint density at radius 1 is 1.11 bits per heavy atom. The minimum absolute atomic E-state index is 0.0190. The quantitative estimate of drug-likeness (QED) is 0.292. The molecule has 2 aromatic rings. The van der Waals surface area contributed by atoms with E-state index >= 15 is 0 Å². The van der Waals surface area contributed by atoms with Gasteiger partial charge in [0.25, 0.3) is 5.91 Å². The van der Waals surface area contributed by atoms with Gasteiger partial charge in [-0.05, 0) is 77.2 Å². The lowest BCUT2D eigenvalue weighted by atomic mass is 10.1. The molecule has 3 rings (SSSR count). The Balaban J connectivity index is 0.000000764. The van der Waals surface area contributed by atoms with Gasteiger partial charge < -0.3 is 25.8 Å². The number of amides is 1. The molecule has 0 aliphatic heterocycles. The molecule has 35 heavy (non-hydrogen) atoms. The molecule has 188 valence electrons. The number of carbonyl (C=O) groups is 2. The molecule has 1 amide bonds. The lowest BCUT2D eigenvalue weighted by Gasteiger charge is -2.22. The summed E-state index contributed by atoms with van der Waals surface area (Å²) in [5, 5.41) is 5.89. The number of ether oxygens (including phenoxy) is 2. The molecule has 9 heteroatoms. The van der Waals surface area contributed by atoms with Crippen LogP contribution in [0.25, 0.3) is 0 Å². The first kappa shape index (κ1) is 27.5. The molecule has 0 spiro atoms. The Labute approximate surface area is 205 Å². The average molecular weight is 485 g/mol. The number of nitrogens with zero attached hydrogens (tertiary/aromatic N) is 1.